The van der Waals surface area contributed by atoms with Crippen molar-refractivity contribution in [1.82, 2.24) is 9.97 Å². The van der Waals surface area contributed by atoms with Crippen molar-refractivity contribution in [2.45, 2.75) is 12.6 Å². The zero-order chi connectivity index (χ0) is 11.1. The second-order valence-corrected chi connectivity index (χ2v) is 4.36. The molecule has 2 rings (SSSR count). The maximum Gasteiger partial charge on any atom is 0.393 e. The van der Waals surface area contributed by atoms with Crippen LogP contribution in [-0.2, 0) is 6.42 Å². The van der Waals surface area contributed by atoms with Gasteiger partial charge in [0.05, 0.1) is 6.42 Å². The van der Waals surface area contributed by atoms with Crippen LogP contribution < -0.4 is 0 Å². The standard InChI is InChI=1S/C8H4ClF3N2S/c9-6-5-1-4(2-8(10,11)12)15-7(5)14-3-13-6/h1,3H,2H2. The van der Waals surface area contributed by atoms with Crippen LogP contribution in [0.5, 0.6) is 0 Å². The van der Waals surface area contributed by atoms with Crippen LogP contribution in [0.1, 0.15) is 4.88 Å². The fourth-order valence-corrected chi connectivity index (χ4v) is 2.43. The third-order valence-corrected chi connectivity index (χ3v) is 3.05. The monoisotopic (exact) mass is 252 g/mol. The number of halogens is 4. The normalized spacial score (nSPS) is 12.3. The summed E-state index contributed by atoms with van der Waals surface area (Å²) in [5.41, 5.74) is 0. The number of aromatic nitrogens is 2. The lowest BCUT2D eigenvalue weighted by atomic mass is 10.3. The molecule has 0 aliphatic heterocycles. The Morgan fingerprint density at radius 1 is 1.33 bits per heavy atom. The van der Waals surface area contributed by atoms with Crippen LogP contribution in [0.2, 0.25) is 5.15 Å². The smallest absolute Gasteiger partial charge is 0.225 e. The first kappa shape index (κ1) is 10.6. The number of nitrogens with zero attached hydrogens (tertiary/aromatic N) is 2. The average Bonchev–Trinajstić information content (AvgIpc) is 2.45. The van der Waals surface area contributed by atoms with E-state index < -0.39 is 12.6 Å². The SMILES string of the molecule is FC(F)(F)Cc1cc2c(Cl)ncnc2s1. The van der Waals surface area contributed by atoms with Gasteiger partial charge in [0.2, 0.25) is 0 Å². The molecule has 2 aromatic rings. The Bertz CT molecular complexity index is 494. The second-order valence-electron chi connectivity index (χ2n) is 2.89. The van der Waals surface area contributed by atoms with E-state index in [9.17, 15) is 13.2 Å². The van der Waals surface area contributed by atoms with Crippen molar-refractivity contribution in [3.8, 4) is 0 Å². The Balaban J connectivity index is 2.44. The van der Waals surface area contributed by atoms with Gasteiger partial charge in [-0.3, -0.25) is 0 Å². The first-order valence-corrected chi connectivity index (χ1v) is 5.11. The Kier molecular flexibility index (Phi) is 2.56. The van der Waals surface area contributed by atoms with Crippen molar-refractivity contribution in [2.24, 2.45) is 0 Å². The van der Waals surface area contributed by atoms with E-state index in [0.717, 1.165) is 11.3 Å². The molecule has 0 radical (unpaired) electrons. The Morgan fingerprint density at radius 3 is 2.67 bits per heavy atom. The van der Waals surface area contributed by atoms with Gasteiger partial charge in [-0.1, -0.05) is 11.6 Å². The van der Waals surface area contributed by atoms with Gasteiger partial charge in [-0.15, -0.1) is 11.3 Å². The van der Waals surface area contributed by atoms with Gasteiger partial charge in [-0.25, -0.2) is 9.97 Å². The molecule has 0 fully saturated rings. The minimum atomic E-state index is -4.21. The van der Waals surface area contributed by atoms with Gasteiger partial charge in [-0.05, 0) is 6.07 Å². The predicted octanol–water partition coefficient (Wildman–Crippen LogP) is 3.45. The van der Waals surface area contributed by atoms with E-state index >= 15 is 0 Å². The van der Waals surface area contributed by atoms with Crippen molar-refractivity contribution in [3.05, 3.63) is 22.4 Å². The van der Waals surface area contributed by atoms with Crippen LogP contribution in [0, 0.1) is 0 Å². The topological polar surface area (TPSA) is 25.8 Å². The molecule has 0 aliphatic rings. The Labute approximate surface area is 91.7 Å². The first-order valence-electron chi connectivity index (χ1n) is 3.91. The summed E-state index contributed by atoms with van der Waals surface area (Å²) in [6, 6.07) is 1.38. The van der Waals surface area contributed by atoms with Crippen molar-refractivity contribution < 1.29 is 13.2 Å². The third-order valence-electron chi connectivity index (χ3n) is 1.71. The van der Waals surface area contributed by atoms with Gasteiger partial charge in [0.25, 0.3) is 0 Å². The van der Waals surface area contributed by atoms with Gasteiger partial charge >= 0.3 is 6.18 Å². The number of alkyl halides is 3. The highest BCUT2D eigenvalue weighted by Gasteiger charge is 2.28. The lowest BCUT2D eigenvalue weighted by Crippen LogP contribution is -2.09. The molecule has 0 saturated heterocycles. The van der Waals surface area contributed by atoms with Crippen LogP contribution in [0.15, 0.2) is 12.4 Å². The summed E-state index contributed by atoms with van der Waals surface area (Å²) >= 11 is 6.70. The number of thiophene rings is 1. The summed E-state index contributed by atoms with van der Waals surface area (Å²) in [5.74, 6) is 0. The van der Waals surface area contributed by atoms with Gasteiger partial charge in [0.1, 0.15) is 16.3 Å². The van der Waals surface area contributed by atoms with Crippen LogP contribution in [0.3, 0.4) is 0 Å². The zero-order valence-corrected chi connectivity index (χ0v) is 8.75. The molecule has 0 spiro atoms. The van der Waals surface area contributed by atoms with Crippen molar-refractivity contribution >= 4 is 33.2 Å². The molecule has 0 N–H and O–H groups in total. The van der Waals surface area contributed by atoms with Crippen molar-refractivity contribution in [1.29, 1.82) is 0 Å². The molecule has 2 nitrogen and oxygen atoms in total. The molecular formula is C8H4ClF3N2S. The van der Waals surface area contributed by atoms with E-state index in [1.54, 1.807) is 0 Å². The molecule has 15 heavy (non-hydrogen) atoms. The van der Waals surface area contributed by atoms with E-state index in [2.05, 4.69) is 9.97 Å². The third kappa shape index (κ3) is 2.38. The Morgan fingerprint density at radius 2 is 2.07 bits per heavy atom. The summed E-state index contributed by atoms with van der Waals surface area (Å²) in [6.07, 6.45) is -3.93. The van der Waals surface area contributed by atoms with Crippen LogP contribution in [-0.4, -0.2) is 16.1 Å². The number of fused-ring (bicyclic) bond motifs is 1. The highest BCUT2D eigenvalue weighted by Crippen LogP contribution is 2.31. The number of hydrogen-bond acceptors (Lipinski definition) is 3. The molecule has 0 unspecified atom stereocenters. The van der Waals surface area contributed by atoms with Gasteiger partial charge in [-0.2, -0.15) is 13.2 Å². The van der Waals surface area contributed by atoms with E-state index in [4.69, 9.17) is 11.6 Å². The van der Waals surface area contributed by atoms with E-state index in [1.807, 2.05) is 0 Å². The van der Waals surface area contributed by atoms with Gasteiger partial charge < -0.3 is 0 Å². The molecule has 0 bridgehead atoms. The summed E-state index contributed by atoms with van der Waals surface area (Å²) in [5, 5.41) is 0.660. The van der Waals surface area contributed by atoms with Crippen LogP contribution >= 0.6 is 22.9 Å². The minimum Gasteiger partial charge on any atom is -0.225 e. The summed E-state index contributed by atoms with van der Waals surface area (Å²) in [7, 11) is 0. The van der Waals surface area contributed by atoms with E-state index in [0.29, 0.717) is 10.2 Å². The van der Waals surface area contributed by atoms with Gasteiger partial charge in [0.15, 0.2) is 0 Å². The summed E-state index contributed by atoms with van der Waals surface area (Å²) in [6.45, 7) is 0. The number of hydrogen-bond donors (Lipinski definition) is 0. The molecular weight excluding hydrogens is 249 g/mol. The predicted molar refractivity (Wildman–Crippen MR) is 52.2 cm³/mol. The van der Waals surface area contributed by atoms with Crippen LogP contribution in [0.4, 0.5) is 13.2 Å². The molecule has 0 amide bonds. The van der Waals surface area contributed by atoms with Gasteiger partial charge in [0, 0.05) is 10.3 Å². The highest BCUT2D eigenvalue weighted by molar-refractivity contribution is 7.18. The maximum atomic E-state index is 12.1. The molecule has 2 heterocycles. The van der Waals surface area contributed by atoms with Crippen molar-refractivity contribution in [3.63, 3.8) is 0 Å². The molecule has 0 aliphatic carbocycles. The molecule has 80 valence electrons. The fourth-order valence-electron chi connectivity index (χ4n) is 1.16. The lowest BCUT2D eigenvalue weighted by Gasteiger charge is -2.01. The molecule has 7 heteroatoms. The minimum absolute atomic E-state index is 0.185. The Hall–Kier alpha value is -0.880. The summed E-state index contributed by atoms with van der Waals surface area (Å²) in [4.78, 5) is 8.22. The summed E-state index contributed by atoms with van der Waals surface area (Å²) < 4.78 is 36.3. The lowest BCUT2D eigenvalue weighted by molar-refractivity contribution is -0.126. The highest BCUT2D eigenvalue weighted by atomic mass is 35.5. The average molecular weight is 253 g/mol. The molecule has 2 aromatic heterocycles. The molecule has 0 atom stereocenters. The maximum absolute atomic E-state index is 12.1. The zero-order valence-electron chi connectivity index (χ0n) is 7.18. The molecule has 0 saturated carbocycles. The van der Waals surface area contributed by atoms with Crippen LogP contribution in [0.25, 0.3) is 10.2 Å². The largest absolute Gasteiger partial charge is 0.393 e. The van der Waals surface area contributed by atoms with Crippen molar-refractivity contribution in [2.75, 3.05) is 0 Å². The first-order chi connectivity index (χ1) is 6.96. The second kappa shape index (κ2) is 3.61. The quantitative estimate of drug-likeness (QED) is 0.727. The number of rotatable bonds is 1. The van der Waals surface area contributed by atoms with E-state index in [1.165, 1.54) is 12.4 Å². The van der Waals surface area contributed by atoms with E-state index in [-0.39, 0.29) is 10.0 Å². The fraction of sp³-hybridized carbons (Fsp3) is 0.250. The molecule has 0 aromatic carbocycles.